The number of aromatic amines is 1. The van der Waals surface area contributed by atoms with Crippen molar-refractivity contribution in [1.82, 2.24) is 20.1 Å². The fourth-order valence-electron chi connectivity index (χ4n) is 1.52. The normalized spacial score (nSPS) is 22.4. The third-order valence-corrected chi connectivity index (χ3v) is 2.31. The Morgan fingerprint density at radius 3 is 3.29 bits per heavy atom. The first-order valence-corrected chi connectivity index (χ1v) is 4.78. The number of morpholine rings is 1. The molecular formula is C8H14N4O2. The Hall–Kier alpha value is -1.14. The number of ether oxygens (including phenoxy) is 1. The quantitative estimate of drug-likeness (QED) is 0.650. The lowest BCUT2D eigenvalue weighted by molar-refractivity contribution is 0.0209. The molecule has 6 heteroatoms. The molecule has 6 nitrogen and oxygen atoms in total. The Kier molecular flexibility index (Phi) is 2.95. The van der Waals surface area contributed by atoms with Crippen LogP contribution in [0.25, 0.3) is 0 Å². The van der Waals surface area contributed by atoms with E-state index in [0.29, 0.717) is 6.54 Å². The molecule has 1 aromatic rings. The molecule has 0 radical (unpaired) electrons. The maximum atomic E-state index is 11.1. The van der Waals surface area contributed by atoms with Crippen LogP contribution in [-0.4, -0.2) is 40.6 Å². The molecule has 2 N–H and O–H groups in total. The number of hydrogen-bond donors (Lipinski definition) is 2. The summed E-state index contributed by atoms with van der Waals surface area (Å²) >= 11 is 0. The fourth-order valence-corrected chi connectivity index (χ4v) is 1.52. The van der Waals surface area contributed by atoms with E-state index in [-0.39, 0.29) is 11.8 Å². The summed E-state index contributed by atoms with van der Waals surface area (Å²) in [5.41, 5.74) is -0.159. The second-order valence-corrected chi connectivity index (χ2v) is 3.34. The Morgan fingerprint density at radius 1 is 1.71 bits per heavy atom. The Labute approximate surface area is 81.3 Å². The molecule has 1 saturated heterocycles. The smallest absolute Gasteiger partial charge is 0.343 e. The number of aryl methyl sites for hydroxylation is 1. The van der Waals surface area contributed by atoms with Crippen LogP contribution < -0.4 is 11.0 Å². The van der Waals surface area contributed by atoms with Gasteiger partial charge in [-0.15, -0.1) is 0 Å². The van der Waals surface area contributed by atoms with E-state index in [9.17, 15) is 4.79 Å². The van der Waals surface area contributed by atoms with E-state index in [4.69, 9.17) is 4.74 Å². The van der Waals surface area contributed by atoms with Crippen molar-refractivity contribution >= 4 is 0 Å². The van der Waals surface area contributed by atoms with Crippen molar-refractivity contribution in [3.63, 3.8) is 0 Å². The second kappa shape index (κ2) is 4.39. The Bertz CT molecular complexity index is 326. The molecule has 0 saturated carbocycles. The van der Waals surface area contributed by atoms with E-state index in [0.717, 1.165) is 26.1 Å². The van der Waals surface area contributed by atoms with Gasteiger partial charge in [0.25, 0.3) is 0 Å². The summed E-state index contributed by atoms with van der Waals surface area (Å²) in [5.74, 6) is 0. The zero-order chi connectivity index (χ0) is 9.80. The van der Waals surface area contributed by atoms with Gasteiger partial charge in [-0.1, -0.05) is 0 Å². The summed E-state index contributed by atoms with van der Waals surface area (Å²) in [5, 5.41) is 9.26. The first-order chi connectivity index (χ1) is 6.86. The molecular weight excluding hydrogens is 184 g/mol. The molecule has 0 spiro atoms. The number of rotatable bonds is 3. The maximum absolute atomic E-state index is 11.1. The van der Waals surface area contributed by atoms with Crippen molar-refractivity contribution in [2.24, 2.45) is 0 Å². The maximum Gasteiger partial charge on any atom is 0.343 e. The molecule has 1 aliphatic rings. The fraction of sp³-hybridized carbons (Fsp3) is 0.750. The highest BCUT2D eigenvalue weighted by molar-refractivity contribution is 4.69. The van der Waals surface area contributed by atoms with Gasteiger partial charge in [-0.3, -0.25) is 4.57 Å². The lowest BCUT2D eigenvalue weighted by atomic mass is 10.2. The molecule has 2 heterocycles. The van der Waals surface area contributed by atoms with Crippen LogP contribution in [0.15, 0.2) is 11.1 Å². The van der Waals surface area contributed by atoms with E-state index in [1.54, 1.807) is 4.57 Å². The molecule has 0 amide bonds. The number of nitrogens with zero attached hydrogens (tertiary/aromatic N) is 2. The van der Waals surface area contributed by atoms with Crippen LogP contribution >= 0.6 is 0 Å². The third kappa shape index (κ3) is 2.21. The van der Waals surface area contributed by atoms with E-state index in [1.807, 2.05) is 0 Å². The molecule has 1 aromatic heterocycles. The van der Waals surface area contributed by atoms with Crippen LogP contribution in [0, 0.1) is 0 Å². The summed E-state index contributed by atoms with van der Waals surface area (Å²) in [6, 6.07) is 0. The molecule has 0 aliphatic carbocycles. The van der Waals surface area contributed by atoms with Crippen LogP contribution in [-0.2, 0) is 11.3 Å². The van der Waals surface area contributed by atoms with Gasteiger partial charge in [0.15, 0.2) is 0 Å². The monoisotopic (exact) mass is 198 g/mol. The summed E-state index contributed by atoms with van der Waals surface area (Å²) in [6.07, 6.45) is 2.57. The summed E-state index contributed by atoms with van der Waals surface area (Å²) < 4.78 is 7.06. The van der Waals surface area contributed by atoms with Crippen molar-refractivity contribution in [1.29, 1.82) is 0 Å². The van der Waals surface area contributed by atoms with Gasteiger partial charge in [-0.2, -0.15) is 5.10 Å². The predicted octanol–water partition coefficient (Wildman–Crippen LogP) is -1.05. The molecule has 2 rings (SSSR count). The lowest BCUT2D eigenvalue weighted by Crippen LogP contribution is -2.39. The first-order valence-electron chi connectivity index (χ1n) is 4.78. The Morgan fingerprint density at radius 2 is 2.64 bits per heavy atom. The van der Waals surface area contributed by atoms with Crippen LogP contribution in [0.3, 0.4) is 0 Å². The van der Waals surface area contributed by atoms with Gasteiger partial charge in [0, 0.05) is 19.6 Å². The van der Waals surface area contributed by atoms with Gasteiger partial charge in [0.2, 0.25) is 0 Å². The zero-order valence-corrected chi connectivity index (χ0v) is 7.90. The highest BCUT2D eigenvalue weighted by atomic mass is 16.5. The van der Waals surface area contributed by atoms with Gasteiger partial charge in [-0.05, 0) is 6.42 Å². The second-order valence-electron chi connectivity index (χ2n) is 3.34. The van der Waals surface area contributed by atoms with Gasteiger partial charge in [0.05, 0.1) is 12.7 Å². The number of H-pyrrole nitrogens is 1. The van der Waals surface area contributed by atoms with Crippen LogP contribution in [0.1, 0.15) is 6.42 Å². The SMILES string of the molecule is O=c1[nH]ncn1CCC1CNCCO1. The van der Waals surface area contributed by atoms with Crippen LogP contribution in [0.4, 0.5) is 0 Å². The summed E-state index contributed by atoms with van der Waals surface area (Å²) in [4.78, 5) is 11.1. The van der Waals surface area contributed by atoms with Crippen LogP contribution in [0.5, 0.6) is 0 Å². The number of nitrogens with one attached hydrogen (secondary N) is 2. The van der Waals surface area contributed by atoms with Gasteiger partial charge in [0.1, 0.15) is 6.33 Å². The number of aromatic nitrogens is 3. The van der Waals surface area contributed by atoms with Crippen LogP contribution in [0.2, 0.25) is 0 Å². The topological polar surface area (TPSA) is 71.9 Å². The van der Waals surface area contributed by atoms with Crippen molar-refractivity contribution in [3.8, 4) is 0 Å². The molecule has 14 heavy (non-hydrogen) atoms. The largest absolute Gasteiger partial charge is 0.376 e. The third-order valence-electron chi connectivity index (χ3n) is 2.31. The minimum atomic E-state index is -0.159. The lowest BCUT2D eigenvalue weighted by Gasteiger charge is -2.23. The van der Waals surface area contributed by atoms with Crippen molar-refractivity contribution in [2.45, 2.75) is 19.1 Å². The van der Waals surface area contributed by atoms with E-state index in [2.05, 4.69) is 15.5 Å². The summed E-state index contributed by atoms with van der Waals surface area (Å²) in [6.45, 7) is 3.20. The van der Waals surface area contributed by atoms with Gasteiger partial charge in [-0.25, -0.2) is 9.89 Å². The molecule has 0 aromatic carbocycles. The average Bonchev–Trinajstić information content (AvgIpc) is 2.63. The number of hydrogen-bond acceptors (Lipinski definition) is 4. The van der Waals surface area contributed by atoms with E-state index >= 15 is 0 Å². The van der Waals surface area contributed by atoms with Gasteiger partial charge < -0.3 is 10.1 Å². The van der Waals surface area contributed by atoms with Crippen molar-refractivity contribution in [2.75, 3.05) is 19.7 Å². The van der Waals surface area contributed by atoms with Crippen molar-refractivity contribution in [3.05, 3.63) is 16.8 Å². The van der Waals surface area contributed by atoms with Gasteiger partial charge >= 0.3 is 5.69 Å². The zero-order valence-electron chi connectivity index (χ0n) is 7.90. The standard InChI is InChI=1S/C8H14N4O2/c13-8-11-10-6-12(8)3-1-7-5-9-2-4-14-7/h6-7,9H,1-5H2,(H,11,13). The molecule has 1 atom stereocenters. The first kappa shape index (κ1) is 9.42. The molecule has 1 unspecified atom stereocenters. The molecule has 78 valence electrons. The molecule has 1 aliphatic heterocycles. The van der Waals surface area contributed by atoms with Crippen molar-refractivity contribution < 1.29 is 4.74 Å². The van der Waals surface area contributed by atoms with E-state index < -0.39 is 0 Å². The molecule has 0 bridgehead atoms. The minimum Gasteiger partial charge on any atom is -0.376 e. The minimum absolute atomic E-state index is 0.159. The highest BCUT2D eigenvalue weighted by Gasteiger charge is 2.13. The van der Waals surface area contributed by atoms with E-state index in [1.165, 1.54) is 6.33 Å². The predicted molar refractivity (Wildman–Crippen MR) is 50.1 cm³/mol. The Balaban J connectivity index is 1.82. The average molecular weight is 198 g/mol. The molecule has 1 fully saturated rings. The summed E-state index contributed by atoms with van der Waals surface area (Å²) in [7, 11) is 0. The highest BCUT2D eigenvalue weighted by Crippen LogP contribution is 2.02.